The number of halogens is 1. The van der Waals surface area contributed by atoms with Crippen LogP contribution in [0.15, 0.2) is 46.9 Å². The van der Waals surface area contributed by atoms with E-state index in [0.29, 0.717) is 12.1 Å². The predicted octanol–water partition coefficient (Wildman–Crippen LogP) is 3.74. The third kappa shape index (κ3) is 3.02. The topological polar surface area (TPSA) is 40.5 Å². The van der Waals surface area contributed by atoms with Crippen molar-refractivity contribution in [3.63, 3.8) is 0 Å². The van der Waals surface area contributed by atoms with Crippen LogP contribution in [0.5, 0.6) is 5.75 Å². The van der Waals surface area contributed by atoms with E-state index in [1.807, 2.05) is 31.2 Å². The smallest absolute Gasteiger partial charge is 0.255 e. The van der Waals surface area contributed by atoms with E-state index < -0.39 is 0 Å². The standard InChI is InChI=1S/C16H16BrNO2/c1-11-6-5-8-13(15(11)17)16(20)18(2)10-12-7-3-4-9-14(12)19/h3-9,19H,10H2,1-2H3. The van der Waals surface area contributed by atoms with Gasteiger partial charge in [-0.1, -0.05) is 30.3 Å². The molecule has 0 unspecified atom stereocenters. The van der Waals surface area contributed by atoms with Crippen molar-refractivity contribution in [1.29, 1.82) is 0 Å². The SMILES string of the molecule is Cc1cccc(C(=O)N(C)Cc2ccccc2O)c1Br. The fourth-order valence-electron chi connectivity index (χ4n) is 1.99. The van der Waals surface area contributed by atoms with Gasteiger partial charge in [0, 0.05) is 23.6 Å². The summed E-state index contributed by atoms with van der Waals surface area (Å²) < 4.78 is 0.814. The Morgan fingerprint density at radius 2 is 1.90 bits per heavy atom. The summed E-state index contributed by atoms with van der Waals surface area (Å²) >= 11 is 3.45. The molecular weight excluding hydrogens is 318 g/mol. The molecule has 0 atom stereocenters. The second-order valence-electron chi connectivity index (χ2n) is 4.73. The Hall–Kier alpha value is -1.81. The summed E-state index contributed by atoms with van der Waals surface area (Å²) in [6.45, 7) is 2.32. The van der Waals surface area contributed by atoms with Crippen LogP contribution in [0.4, 0.5) is 0 Å². The first-order valence-corrected chi connectivity index (χ1v) is 7.07. The van der Waals surface area contributed by atoms with E-state index in [2.05, 4.69) is 15.9 Å². The number of aryl methyl sites for hydroxylation is 1. The lowest BCUT2D eigenvalue weighted by Crippen LogP contribution is -2.26. The molecule has 2 aromatic rings. The molecule has 0 saturated carbocycles. The zero-order valence-electron chi connectivity index (χ0n) is 11.4. The van der Waals surface area contributed by atoms with Gasteiger partial charge in [-0.05, 0) is 40.5 Å². The first-order chi connectivity index (χ1) is 9.50. The van der Waals surface area contributed by atoms with Crippen molar-refractivity contribution in [2.75, 3.05) is 7.05 Å². The number of aromatic hydroxyl groups is 1. The van der Waals surface area contributed by atoms with E-state index in [1.165, 1.54) is 0 Å². The van der Waals surface area contributed by atoms with Crippen molar-refractivity contribution < 1.29 is 9.90 Å². The van der Waals surface area contributed by atoms with Crippen LogP contribution >= 0.6 is 15.9 Å². The summed E-state index contributed by atoms with van der Waals surface area (Å²) in [6.07, 6.45) is 0. The van der Waals surface area contributed by atoms with Crippen LogP contribution in [-0.4, -0.2) is 23.0 Å². The fraction of sp³-hybridized carbons (Fsp3) is 0.188. The number of hydrogen-bond acceptors (Lipinski definition) is 2. The Balaban J connectivity index is 2.21. The normalized spacial score (nSPS) is 10.3. The summed E-state index contributed by atoms with van der Waals surface area (Å²) in [5, 5.41) is 9.76. The van der Waals surface area contributed by atoms with Gasteiger partial charge in [0.1, 0.15) is 5.75 Å². The van der Waals surface area contributed by atoms with Gasteiger partial charge in [-0.15, -0.1) is 0 Å². The molecule has 0 saturated heterocycles. The minimum absolute atomic E-state index is 0.0798. The molecule has 3 nitrogen and oxygen atoms in total. The van der Waals surface area contributed by atoms with E-state index in [1.54, 1.807) is 30.1 Å². The monoisotopic (exact) mass is 333 g/mol. The molecular formula is C16H16BrNO2. The first-order valence-electron chi connectivity index (χ1n) is 6.28. The summed E-state index contributed by atoms with van der Waals surface area (Å²) in [5.74, 6) is 0.124. The number of para-hydroxylation sites is 1. The minimum atomic E-state index is -0.0798. The van der Waals surface area contributed by atoms with Gasteiger partial charge in [0.2, 0.25) is 0 Å². The largest absolute Gasteiger partial charge is 0.508 e. The molecule has 0 spiro atoms. The van der Waals surface area contributed by atoms with Gasteiger partial charge in [0.25, 0.3) is 5.91 Å². The van der Waals surface area contributed by atoms with Gasteiger partial charge >= 0.3 is 0 Å². The molecule has 2 aromatic carbocycles. The average Bonchev–Trinajstić information content (AvgIpc) is 2.43. The fourth-order valence-corrected chi connectivity index (χ4v) is 2.42. The Labute approximate surface area is 127 Å². The number of rotatable bonds is 3. The van der Waals surface area contributed by atoms with Crippen molar-refractivity contribution in [2.24, 2.45) is 0 Å². The Bertz CT molecular complexity index is 640. The highest BCUT2D eigenvalue weighted by atomic mass is 79.9. The number of carbonyl (C=O) groups is 1. The molecule has 0 fully saturated rings. The highest BCUT2D eigenvalue weighted by Crippen LogP contribution is 2.23. The Morgan fingerprint density at radius 1 is 1.20 bits per heavy atom. The van der Waals surface area contributed by atoms with Gasteiger partial charge in [-0.25, -0.2) is 0 Å². The van der Waals surface area contributed by atoms with Crippen molar-refractivity contribution in [3.8, 4) is 5.75 Å². The van der Waals surface area contributed by atoms with E-state index in [4.69, 9.17) is 0 Å². The molecule has 0 aliphatic carbocycles. The number of amides is 1. The molecule has 104 valence electrons. The number of benzene rings is 2. The van der Waals surface area contributed by atoms with E-state index >= 15 is 0 Å². The van der Waals surface area contributed by atoms with Crippen molar-refractivity contribution in [3.05, 3.63) is 63.6 Å². The lowest BCUT2D eigenvalue weighted by Gasteiger charge is -2.19. The lowest BCUT2D eigenvalue weighted by molar-refractivity contribution is 0.0783. The summed E-state index contributed by atoms with van der Waals surface area (Å²) in [5.41, 5.74) is 2.38. The second kappa shape index (κ2) is 6.09. The molecule has 0 aromatic heterocycles. The zero-order chi connectivity index (χ0) is 14.7. The van der Waals surface area contributed by atoms with Gasteiger partial charge < -0.3 is 10.0 Å². The van der Waals surface area contributed by atoms with Gasteiger partial charge in [-0.3, -0.25) is 4.79 Å². The first kappa shape index (κ1) is 14.6. The predicted molar refractivity (Wildman–Crippen MR) is 82.8 cm³/mol. The molecule has 0 aliphatic heterocycles. The summed E-state index contributed by atoms with van der Waals surface area (Å²) in [4.78, 5) is 14.0. The Kier molecular flexibility index (Phi) is 4.45. The Morgan fingerprint density at radius 3 is 2.60 bits per heavy atom. The van der Waals surface area contributed by atoms with Crippen molar-refractivity contribution in [2.45, 2.75) is 13.5 Å². The number of phenols is 1. The van der Waals surface area contributed by atoms with Crippen molar-refractivity contribution >= 4 is 21.8 Å². The second-order valence-corrected chi connectivity index (χ2v) is 5.52. The molecule has 2 rings (SSSR count). The molecule has 4 heteroatoms. The molecule has 1 N–H and O–H groups in total. The van der Waals surface area contributed by atoms with Crippen LogP contribution < -0.4 is 0 Å². The molecule has 0 aliphatic rings. The van der Waals surface area contributed by atoms with E-state index in [0.717, 1.165) is 15.6 Å². The zero-order valence-corrected chi connectivity index (χ0v) is 13.0. The van der Waals surface area contributed by atoms with Gasteiger partial charge in [0.05, 0.1) is 5.56 Å². The van der Waals surface area contributed by atoms with Crippen LogP contribution in [0, 0.1) is 6.92 Å². The maximum atomic E-state index is 12.4. The molecule has 1 amide bonds. The number of hydrogen-bond donors (Lipinski definition) is 1. The highest BCUT2D eigenvalue weighted by molar-refractivity contribution is 9.10. The van der Waals surface area contributed by atoms with Crippen LogP contribution in [0.2, 0.25) is 0 Å². The lowest BCUT2D eigenvalue weighted by atomic mass is 10.1. The van der Waals surface area contributed by atoms with Crippen LogP contribution in [-0.2, 0) is 6.54 Å². The number of phenolic OH excluding ortho intramolecular Hbond substituents is 1. The average molecular weight is 334 g/mol. The van der Waals surface area contributed by atoms with Crippen molar-refractivity contribution in [1.82, 2.24) is 4.90 Å². The summed E-state index contributed by atoms with van der Waals surface area (Å²) in [6, 6.07) is 12.6. The van der Waals surface area contributed by atoms with E-state index in [9.17, 15) is 9.90 Å². The third-order valence-electron chi connectivity index (χ3n) is 3.17. The van der Waals surface area contributed by atoms with Gasteiger partial charge in [-0.2, -0.15) is 0 Å². The molecule has 20 heavy (non-hydrogen) atoms. The van der Waals surface area contributed by atoms with Crippen LogP contribution in [0.25, 0.3) is 0 Å². The third-order valence-corrected chi connectivity index (χ3v) is 4.22. The maximum Gasteiger partial charge on any atom is 0.255 e. The molecule has 0 bridgehead atoms. The van der Waals surface area contributed by atoms with Crippen LogP contribution in [0.3, 0.4) is 0 Å². The van der Waals surface area contributed by atoms with E-state index in [-0.39, 0.29) is 11.7 Å². The van der Waals surface area contributed by atoms with Gasteiger partial charge in [0.15, 0.2) is 0 Å². The maximum absolute atomic E-state index is 12.4. The number of carbonyl (C=O) groups excluding carboxylic acids is 1. The molecule has 0 heterocycles. The minimum Gasteiger partial charge on any atom is -0.508 e. The molecule has 0 radical (unpaired) electrons. The summed E-state index contributed by atoms with van der Waals surface area (Å²) in [7, 11) is 1.73. The highest BCUT2D eigenvalue weighted by Gasteiger charge is 2.16. The number of nitrogens with zero attached hydrogens (tertiary/aromatic N) is 1. The van der Waals surface area contributed by atoms with Crippen LogP contribution in [0.1, 0.15) is 21.5 Å². The quantitative estimate of drug-likeness (QED) is 0.929.